The Morgan fingerprint density at radius 3 is 1.90 bits per heavy atom. The van der Waals surface area contributed by atoms with Crippen molar-refractivity contribution in [2.24, 2.45) is 17.4 Å². The number of hydrogen-bond acceptors (Lipinski definition) is 25. The lowest BCUT2D eigenvalue weighted by Gasteiger charge is -2.47. The van der Waals surface area contributed by atoms with Crippen LogP contribution in [0, 0.1) is 5.92 Å². The first-order valence-corrected chi connectivity index (χ1v) is 32.4. The summed E-state index contributed by atoms with van der Waals surface area (Å²) >= 11 is 14.1. The van der Waals surface area contributed by atoms with E-state index in [2.05, 4.69) is 37.2 Å². The van der Waals surface area contributed by atoms with Crippen molar-refractivity contribution in [1.29, 1.82) is 0 Å². The van der Waals surface area contributed by atoms with E-state index in [1.165, 1.54) is 33.0 Å². The van der Waals surface area contributed by atoms with Gasteiger partial charge in [-0.15, -0.1) is 0 Å². The van der Waals surface area contributed by atoms with Gasteiger partial charge in [0.25, 0.3) is 0 Å². The lowest BCUT2D eigenvalue weighted by Crippen LogP contribution is -2.64. The summed E-state index contributed by atoms with van der Waals surface area (Å²) in [7, 11) is 1.47. The van der Waals surface area contributed by atoms with Crippen LogP contribution in [0.15, 0.2) is 78.9 Å². The SMILES string of the molecule is CN[C@H](CC(C)C)C(=O)N[C@H]1C(=O)N[C@@H](CC(N)=O)C(=O)N[C@H]2C(=O)N[C@H]3C(=O)NC(C(=O)N[C@H](C(=O)O)c4cc(O)cc(O)c4-c4cc3ccc4O)[C@H](O)c3ccc(c(Cl)c3)Oc3cc2cc(c3O[C@@H]2O[C@H](CO)[C@@H](O)[C@H](O)[C@H]2O[C@H]2C[C@](C)(N)[C@H](O)[C@H](C)O2)Oc2ccc(cc2Cl)[C@H]1O. The van der Waals surface area contributed by atoms with Gasteiger partial charge in [0.15, 0.2) is 29.9 Å². The summed E-state index contributed by atoms with van der Waals surface area (Å²) in [4.78, 5) is 117. The highest BCUT2D eigenvalue weighted by atomic mass is 35.5. The minimum atomic E-state index is -2.35. The van der Waals surface area contributed by atoms with Gasteiger partial charge in [-0.05, 0) is 110 Å². The van der Waals surface area contributed by atoms with Crippen LogP contribution in [0.5, 0.6) is 46.0 Å². The number of aliphatic carboxylic acids is 1. The van der Waals surface area contributed by atoms with Gasteiger partial charge < -0.3 is 128 Å². The number of aromatic hydroxyl groups is 3. The van der Waals surface area contributed by atoms with E-state index in [1.54, 1.807) is 0 Å². The minimum Gasteiger partial charge on any atom is -0.508 e. The topological polar surface area (TPSA) is 530 Å². The maximum atomic E-state index is 16.0. The normalized spacial score (nSPS) is 29.4. The lowest BCUT2D eigenvalue weighted by molar-refractivity contribution is -0.333. The Balaban J connectivity index is 1.24. The average molecular weight is 1450 g/mol. The van der Waals surface area contributed by atoms with Gasteiger partial charge in [-0.2, -0.15) is 0 Å². The Labute approximate surface area is 584 Å². The van der Waals surface area contributed by atoms with Crippen LogP contribution >= 0.6 is 23.2 Å². The zero-order valence-electron chi connectivity index (χ0n) is 54.3. The second kappa shape index (κ2) is 30.2. The zero-order chi connectivity index (χ0) is 73.5. The number of carbonyl (C=O) groups is 8. The van der Waals surface area contributed by atoms with E-state index < -0.39 is 237 Å². The molecule has 2 fully saturated rings. The van der Waals surface area contributed by atoms with Gasteiger partial charge in [0.05, 0.1) is 41.3 Å². The molecule has 7 amide bonds. The minimum absolute atomic E-state index is 0.0975. The molecule has 542 valence electrons. The van der Waals surface area contributed by atoms with Gasteiger partial charge in [0.2, 0.25) is 53.4 Å². The van der Waals surface area contributed by atoms with E-state index in [0.717, 1.165) is 66.7 Å². The number of phenols is 3. The first kappa shape index (κ1) is 74.5. The van der Waals surface area contributed by atoms with Gasteiger partial charge in [-0.3, -0.25) is 33.6 Å². The number of benzene rings is 5. The quantitative estimate of drug-likeness (QED) is 0.0743. The number of nitrogens with one attached hydrogen (secondary N) is 7. The molecule has 35 heteroatoms. The van der Waals surface area contributed by atoms with Crippen LogP contribution < -0.4 is 62.9 Å². The first-order valence-electron chi connectivity index (χ1n) is 31.6. The van der Waals surface area contributed by atoms with Crippen molar-refractivity contribution in [3.05, 3.63) is 117 Å². The number of phenolic OH excluding ortho intramolecular Hbond substituents is 3. The Kier molecular flexibility index (Phi) is 22.2. The van der Waals surface area contributed by atoms with Crippen molar-refractivity contribution in [2.75, 3.05) is 13.7 Å². The van der Waals surface area contributed by atoms with E-state index in [1.807, 2.05) is 13.8 Å². The number of hydrogen-bond donors (Lipinski definition) is 19. The van der Waals surface area contributed by atoms with Gasteiger partial charge in [0, 0.05) is 34.7 Å². The van der Waals surface area contributed by atoms with Crippen molar-refractivity contribution in [2.45, 2.75) is 156 Å². The van der Waals surface area contributed by atoms with Crippen molar-refractivity contribution in [1.82, 2.24) is 37.2 Å². The average Bonchev–Trinajstić information content (AvgIpc) is 0.775. The summed E-state index contributed by atoms with van der Waals surface area (Å²) in [5.41, 5.74) is 8.00. The van der Waals surface area contributed by atoms with E-state index >= 15 is 14.4 Å². The number of nitrogens with two attached hydrogens (primary N) is 2. The molecule has 33 nitrogen and oxygen atoms in total. The van der Waals surface area contributed by atoms with E-state index in [-0.39, 0.29) is 46.2 Å². The molecule has 5 aromatic carbocycles. The Morgan fingerprint density at radius 1 is 0.713 bits per heavy atom. The van der Waals surface area contributed by atoms with Crippen LogP contribution in [0.3, 0.4) is 0 Å². The number of ether oxygens (including phenoxy) is 6. The Hall–Kier alpha value is -9.20. The fourth-order valence-electron chi connectivity index (χ4n) is 12.5. The fourth-order valence-corrected chi connectivity index (χ4v) is 12.9. The molecule has 0 spiro atoms. The third-order valence-electron chi connectivity index (χ3n) is 17.8. The van der Waals surface area contributed by atoms with Crippen LogP contribution in [-0.4, -0.2) is 191 Å². The van der Waals surface area contributed by atoms with E-state index in [4.69, 9.17) is 63.1 Å². The molecule has 7 aliphatic rings. The second-order valence-corrected chi connectivity index (χ2v) is 26.5. The molecule has 2 saturated heterocycles. The fraction of sp³-hybridized carbons (Fsp3) is 0.424. The molecule has 7 heterocycles. The predicted molar refractivity (Wildman–Crippen MR) is 349 cm³/mol. The molecule has 5 aromatic rings. The number of likely N-dealkylation sites (N-methyl/N-ethyl adjacent to an activating group) is 1. The van der Waals surface area contributed by atoms with Crippen LogP contribution in [0.4, 0.5) is 0 Å². The molecule has 11 bridgehead atoms. The first-order chi connectivity index (χ1) is 47.7. The molecule has 0 saturated carbocycles. The van der Waals surface area contributed by atoms with Gasteiger partial charge in [-0.25, -0.2) is 4.79 Å². The number of halogens is 2. The van der Waals surface area contributed by atoms with Crippen molar-refractivity contribution >= 4 is 70.5 Å². The Morgan fingerprint density at radius 2 is 1.32 bits per heavy atom. The number of fused-ring (bicyclic) bond motifs is 15. The van der Waals surface area contributed by atoms with E-state index in [0.29, 0.717) is 0 Å². The summed E-state index contributed by atoms with van der Waals surface area (Å²) in [5, 5.41) is 131. The number of carboxylic acids is 1. The maximum absolute atomic E-state index is 16.0. The summed E-state index contributed by atoms with van der Waals surface area (Å²) in [6.07, 6.45) is -18.6. The number of aliphatic hydroxyl groups excluding tert-OH is 6. The molecule has 21 N–H and O–H groups in total. The van der Waals surface area contributed by atoms with Crippen LogP contribution in [0.25, 0.3) is 11.1 Å². The summed E-state index contributed by atoms with van der Waals surface area (Å²) in [6.45, 7) is 5.66. The third-order valence-corrected chi connectivity index (χ3v) is 18.4. The molecule has 0 aliphatic carbocycles. The van der Waals surface area contributed by atoms with Crippen LogP contribution in [0.1, 0.15) is 105 Å². The molecule has 18 atom stereocenters. The van der Waals surface area contributed by atoms with Crippen LogP contribution in [0.2, 0.25) is 10.0 Å². The number of carbonyl (C=O) groups excluding carboxylic acids is 7. The van der Waals surface area contributed by atoms with Gasteiger partial charge in [0.1, 0.15) is 89.5 Å². The van der Waals surface area contributed by atoms with Crippen LogP contribution in [-0.2, 0) is 52.6 Å². The zero-order valence-corrected chi connectivity index (χ0v) is 55.8. The number of amides is 7. The summed E-state index contributed by atoms with van der Waals surface area (Å²) in [6, 6.07) is -0.679. The number of aliphatic hydroxyl groups is 6. The summed E-state index contributed by atoms with van der Waals surface area (Å²) < 4.78 is 38.3. The smallest absolute Gasteiger partial charge is 0.330 e. The predicted octanol–water partition coefficient (Wildman–Crippen LogP) is 0.106. The third kappa shape index (κ3) is 15.8. The van der Waals surface area contributed by atoms with Crippen molar-refractivity contribution < 1.29 is 118 Å². The molecular weight excluding hydrogens is 1370 g/mol. The van der Waals surface area contributed by atoms with Crippen molar-refractivity contribution in [3.63, 3.8) is 0 Å². The number of primary amides is 1. The number of rotatable bonds is 13. The second-order valence-electron chi connectivity index (χ2n) is 25.7. The van der Waals surface area contributed by atoms with Gasteiger partial charge >= 0.3 is 5.97 Å². The molecule has 0 radical (unpaired) electrons. The Bertz CT molecular complexity index is 4070. The standard InChI is InChI=1S/C66H75Cl2N9O24/c1-23(2)12-34(71-5)58(88)76-49-51(83)26-7-10-38(32(67)14-26)97-40-16-28-17-41(55(40)101-65-56(54(86)53(85)42(22-78)99-65)100-44-21-66(4,70)57(87)24(3)96-44)98-39-11-8-27(15-33(39)68)52(84)50-63(93)75-48(64(94)95)31-18-29(79)19-37(81)45(31)30-13-25(6-9-36(30)80)46(60(90)77-50)74-61(91)47(28)73-59(89)35(20-43(69)82)72-62(49)92/h6-11,13-19,23-24,34-35,42,44,46-54,56-57,65,71,78-81,83-87H,12,20-22,70H2,1-5H3,(H2,69,82)(H,72,92)(H,73,89)(H,74,91)(H,75,93)(H,76,88)(H,77,90)(H,94,95)/t24-,34+,35-,42+,44-,46+,47+,48-,49+,50?,51+,52+,53+,54-,56+,57+,65-,66-/m0/s1. The molecule has 0 aromatic heterocycles. The number of carboxylic acid groups (broad SMARTS) is 1. The molecule has 101 heavy (non-hydrogen) atoms. The summed E-state index contributed by atoms with van der Waals surface area (Å²) in [5.74, 6) is -16.0. The largest absolute Gasteiger partial charge is 0.508 e. The maximum Gasteiger partial charge on any atom is 0.330 e. The molecule has 1 unspecified atom stereocenters. The highest BCUT2D eigenvalue weighted by Gasteiger charge is 2.51. The highest BCUT2D eigenvalue weighted by molar-refractivity contribution is 6.32. The van der Waals surface area contributed by atoms with Gasteiger partial charge in [-0.1, -0.05) is 55.2 Å². The van der Waals surface area contributed by atoms with Crippen molar-refractivity contribution in [3.8, 4) is 57.1 Å². The monoisotopic (exact) mass is 1450 g/mol. The van der Waals surface area contributed by atoms with E-state index in [9.17, 15) is 75.0 Å². The molecule has 7 aliphatic heterocycles. The lowest BCUT2D eigenvalue weighted by atomic mass is 9.86. The highest BCUT2D eigenvalue weighted by Crippen LogP contribution is 2.50. The molecule has 12 rings (SSSR count). The molecular formula is C66H75Cl2N9O24.